The smallest absolute Gasteiger partial charge is 0.325 e. The van der Waals surface area contributed by atoms with Crippen LogP contribution in [0.3, 0.4) is 0 Å². The van der Waals surface area contributed by atoms with Crippen molar-refractivity contribution in [3.8, 4) is 0 Å². The van der Waals surface area contributed by atoms with Crippen LogP contribution in [0.5, 0.6) is 0 Å². The molecule has 0 aliphatic carbocycles. The van der Waals surface area contributed by atoms with Gasteiger partial charge in [-0.15, -0.1) is 0 Å². The number of hydrogen-bond acceptors (Lipinski definition) is 4. The van der Waals surface area contributed by atoms with E-state index < -0.39 is 32.5 Å². The number of carbonyl (C=O) groups excluding carboxylic acids is 1. The van der Waals surface area contributed by atoms with Gasteiger partial charge in [-0.05, 0) is 42.5 Å². The Morgan fingerprint density at radius 2 is 1.65 bits per heavy atom. The SMILES string of the molecule is O=C(CN1CCN(S(=O)(=O)c2cc(C(F)(F)F)ccc2Cl)CC1)Nc1ccc(F)cc1. The molecule has 0 unspecified atom stereocenters. The van der Waals surface area contributed by atoms with E-state index >= 15 is 0 Å². The summed E-state index contributed by atoms with van der Waals surface area (Å²) in [4.78, 5) is 13.2. The van der Waals surface area contributed by atoms with Crippen molar-refractivity contribution < 1.29 is 30.8 Å². The van der Waals surface area contributed by atoms with Crippen molar-refractivity contribution >= 4 is 33.2 Å². The molecule has 31 heavy (non-hydrogen) atoms. The van der Waals surface area contributed by atoms with Crippen LogP contribution in [-0.2, 0) is 21.0 Å². The summed E-state index contributed by atoms with van der Waals surface area (Å²) in [7, 11) is -4.24. The second-order valence-electron chi connectivity index (χ2n) is 6.88. The zero-order chi connectivity index (χ0) is 22.8. The van der Waals surface area contributed by atoms with Crippen molar-refractivity contribution in [3.05, 3.63) is 58.9 Å². The molecular formula is C19H18ClF4N3O3S. The molecule has 168 valence electrons. The van der Waals surface area contributed by atoms with E-state index in [4.69, 9.17) is 11.6 Å². The normalized spacial score (nSPS) is 16.3. The molecule has 0 saturated carbocycles. The molecule has 0 radical (unpaired) electrons. The van der Waals surface area contributed by atoms with Crippen LogP contribution in [0.4, 0.5) is 23.2 Å². The van der Waals surface area contributed by atoms with E-state index in [1.807, 2.05) is 0 Å². The maximum absolute atomic E-state index is 13.0. The lowest BCUT2D eigenvalue weighted by Crippen LogP contribution is -2.50. The van der Waals surface area contributed by atoms with Crippen molar-refractivity contribution in [2.75, 3.05) is 38.0 Å². The van der Waals surface area contributed by atoms with Crippen molar-refractivity contribution in [3.63, 3.8) is 0 Å². The molecule has 2 aromatic rings. The highest BCUT2D eigenvalue weighted by atomic mass is 35.5. The van der Waals surface area contributed by atoms with Gasteiger partial charge in [0.25, 0.3) is 0 Å². The number of nitrogens with zero attached hydrogens (tertiary/aromatic N) is 2. The van der Waals surface area contributed by atoms with Crippen molar-refractivity contribution in [2.45, 2.75) is 11.1 Å². The molecule has 1 aliphatic rings. The monoisotopic (exact) mass is 479 g/mol. The van der Waals surface area contributed by atoms with Crippen LogP contribution in [0.15, 0.2) is 47.4 Å². The molecule has 1 N–H and O–H groups in total. The largest absolute Gasteiger partial charge is 0.416 e. The number of carbonyl (C=O) groups is 1. The Morgan fingerprint density at radius 3 is 2.23 bits per heavy atom. The maximum atomic E-state index is 13.0. The number of alkyl halides is 3. The first-order valence-corrected chi connectivity index (χ1v) is 10.9. The summed E-state index contributed by atoms with van der Waals surface area (Å²) < 4.78 is 78.5. The molecule has 1 amide bonds. The summed E-state index contributed by atoms with van der Waals surface area (Å²) in [6.45, 7) is 0.354. The third-order valence-corrected chi connectivity index (χ3v) is 7.08. The zero-order valence-electron chi connectivity index (χ0n) is 16.0. The topological polar surface area (TPSA) is 69.7 Å². The third-order valence-electron chi connectivity index (χ3n) is 4.70. The molecule has 3 rings (SSSR count). The standard InChI is InChI=1S/C19H18ClF4N3O3S/c20-16-6-1-13(19(22,23)24)11-17(16)31(29,30)27-9-7-26(8-10-27)12-18(28)25-15-4-2-14(21)3-5-15/h1-6,11H,7-10,12H2,(H,25,28). The fraction of sp³-hybridized carbons (Fsp3) is 0.316. The Hall–Kier alpha value is -2.21. The number of benzene rings is 2. The zero-order valence-corrected chi connectivity index (χ0v) is 17.6. The molecular weight excluding hydrogens is 462 g/mol. The van der Waals surface area contributed by atoms with E-state index in [-0.39, 0.29) is 43.7 Å². The van der Waals surface area contributed by atoms with Crippen LogP contribution in [0.2, 0.25) is 5.02 Å². The molecule has 6 nitrogen and oxygen atoms in total. The molecule has 12 heteroatoms. The average molecular weight is 480 g/mol. The van der Waals surface area contributed by atoms with Gasteiger partial charge in [0.1, 0.15) is 10.7 Å². The second kappa shape index (κ2) is 9.11. The van der Waals surface area contributed by atoms with Gasteiger partial charge < -0.3 is 5.32 Å². The number of halogens is 5. The van der Waals surface area contributed by atoms with Gasteiger partial charge in [0.2, 0.25) is 15.9 Å². The molecule has 1 saturated heterocycles. The van der Waals surface area contributed by atoms with Crippen LogP contribution in [0.1, 0.15) is 5.56 Å². The molecule has 1 aliphatic heterocycles. The maximum Gasteiger partial charge on any atom is 0.416 e. The van der Waals surface area contributed by atoms with Gasteiger partial charge in [0.15, 0.2) is 0 Å². The molecule has 0 spiro atoms. The van der Waals surface area contributed by atoms with Gasteiger partial charge in [0, 0.05) is 31.9 Å². The fourth-order valence-corrected chi connectivity index (χ4v) is 5.00. The highest BCUT2D eigenvalue weighted by Crippen LogP contribution is 2.34. The minimum absolute atomic E-state index is 0.0151. The van der Waals surface area contributed by atoms with Gasteiger partial charge in [-0.2, -0.15) is 17.5 Å². The van der Waals surface area contributed by atoms with Crippen LogP contribution in [0.25, 0.3) is 0 Å². The predicted molar refractivity (Wildman–Crippen MR) is 107 cm³/mol. The molecule has 1 fully saturated rings. The minimum atomic E-state index is -4.70. The summed E-state index contributed by atoms with van der Waals surface area (Å²) in [5.74, 6) is -0.792. The van der Waals surface area contributed by atoms with Gasteiger partial charge in [0.05, 0.1) is 17.1 Å². The van der Waals surface area contributed by atoms with Crippen LogP contribution in [0, 0.1) is 5.82 Å². The van der Waals surface area contributed by atoms with Gasteiger partial charge in [-0.3, -0.25) is 9.69 Å². The van der Waals surface area contributed by atoms with Crippen molar-refractivity contribution in [1.82, 2.24) is 9.21 Å². The molecule has 2 aromatic carbocycles. The van der Waals surface area contributed by atoms with E-state index in [9.17, 15) is 30.8 Å². The van der Waals surface area contributed by atoms with Gasteiger partial charge in [-0.25, -0.2) is 12.8 Å². The number of piperazine rings is 1. The summed E-state index contributed by atoms with van der Waals surface area (Å²) in [6.07, 6.45) is -4.70. The second-order valence-corrected chi connectivity index (χ2v) is 9.19. The lowest BCUT2D eigenvalue weighted by Gasteiger charge is -2.33. The van der Waals surface area contributed by atoms with E-state index in [1.165, 1.54) is 24.3 Å². The number of rotatable bonds is 5. The Bertz CT molecular complexity index is 1050. The number of nitrogens with one attached hydrogen (secondary N) is 1. The summed E-state index contributed by atoms with van der Waals surface area (Å²) in [5, 5.41) is 2.31. The Balaban J connectivity index is 1.62. The van der Waals surface area contributed by atoms with Gasteiger partial charge >= 0.3 is 6.18 Å². The first-order valence-electron chi connectivity index (χ1n) is 9.11. The minimum Gasteiger partial charge on any atom is -0.325 e. The van der Waals surface area contributed by atoms with Crippen LogP contribution >= 0.6 is 11.6 Å². The quantitative estimate of drug-likeness (QED) is 0.667. The van der Waals surface area contributed by atoms with E-state index in [2.05, 4.69) is 5.32 Å². The van der Waals surface area contributed by atoms with E-state index in [0.29, 0.717) is 11.8 Å². The molecule has 0 bridgehead atoms. The van der Waals surface area contributed by atoms with Gasteiger partial charge in [-0.1, -0.05) is 11.6 Å². The summed E-state index contributed by atoms with van der Waals surface area (Å²) in [6, 6.07) is 7.40. The van der Waals surface area contributed by atoms with E-state index in [1.54, 1.807) is 4.90 Å². The van der Waals surface area contributed by atoms with Crippen LogP contribution in [-0.4, -0.2) is 56.3 Å². The lowest BCUT2D eigenvalue weighted by molar-refractivity contribution is -0.137. The first-order chi connectivity index (χ1) is 14.5. The predicted octanol–water partition coefficient (Wildman–Crippen LogP) is 3.44. The Kier molecular flexibility index (Phi) is 6.89. The van der Waals surface area contributed by atoms with E-state index in [0.717, 1.165) is 16.4 Å². The summed E-state index contributed by atoms with van der Waals surface area (Å²) in [5.41, 5.74) is -0.682. The number of hydrogen-bond donors (Lipinski definition) is 1. The van der Waals surface area contributed by atoms with Crippen molar-refractivity contribution in [2.24, 2.45) is 0 Å². The molecule has 1 heterocycles. The summed E-state index contributed by atoms with van der Waals surface area (Å²) >= 11 is 5.87. The number of amides is 1. The Morgan fingerprint density at radius 1 is 1.03 bits per heavy atom. The fourth-order valence-electron chi connectivity index (χ4n) is 3.08. The van der Waals surface area contributed by atoms with Crippen LogP contribution < -0.4 is 5.32 Å². The highest BCUT2D eigenvalue weighted by Gasteiger charge is 2.35. The molecule has 0 atom stereocenters. The number of sulfonamides is 1. The first kappa shape index (κ1) is 23.5. The lowest BCUT2D eigenvalue weighted by atomic mass is 10.2. The molecule has 0 aromatic heterocycles. The van der Waals surface area contributed by atoms with Crippen molar-refractivity contribution in [1.29, 1.82) is 0 Å². The third kappa shape index (κ3) is 5.73. The highest BCUT2D eigenvalue weighted by molar-refractivity contribution is 7.89. The number of anilines is 1. The average Bonchev–Trinajstić information content (AvgIpc) is 2.69. The Labute approximate surface area is 181 Å².